The molecular weight excluding hydrogens is 401 g/mol. The van der Waals surface area contributed by atoms with Crippen molar-refractivity contribution in [1.82, 2.24) is 0 Å². The molecule has 2 N–H and O–H groups in total. The van der Waals surface area contributed by atoms with Crippen molar-refractivity contribution in [3.63, 3.8) is 0 Å². The number of rotatable bonds is 5. The Hall–Kier alpha value is -0.910. The second-order valence-electron chi connectivity index (χ2n) is 4.96. The van der Waals surface area contributed by atoms with Gasteiger partial charge in [-0.3, -0.25) is 0 Å². The third kappa shape index (κ3) is 4.80. The highest BCUT2D eigenvalue weighted by Gasteiger charge is 2.07. The molecule has 0 saturated heterocycles. The number of hydrogen-bond acceptors (Lipinski definition) is 2. The predicted molar refractivity (Wildman–Crippen MR) is 89.9 cm³/mol. The third-order valence-electron chi connectivity index (χ3n) is 2.96. The number of halogens is 3. The van der Waals surface area contributed by atoms with Crippen LogP contribution in [0.2, 0.25) is 0 Å². The normalized spacial score (nSPS) is 12.2. The van der Waals surface area contributed by atoms with Crippen LogP contribution in [-0.2, 0) is 13.0 Å². The first kappa shape index (κ1) is 16.5. The van der Waals surface area contributed by atoms with Crippen LogP contribution in [0.15, 0.2) is 45.3 Å². The lowest BCUT2D eigenvalue weighted by molar-refractivity contribution is 0.299. The van der Waals surface area contributed by atoms with Crippen molar-refractivity contribution < 1.29 is 9.13 Å². The maximum atomic E-state index is 13.7. The van der Waals surface area contributed by atoms with E-state index in [0.29, 0.717) is 11.3 Å². The van der Waals surface area contributed by atoms with E-state index < -0.39 is 0 Å². The quantitative estimate of drug-likeness (QED) is 0.758. The first-order valence-electron chi connectivity index (χ1n) is 6.56. The molecule has 0 spiro atoms. The van der Waals surface area contributed by atoms with E-state index in [1.165, 1.54) is 6.07 Å². The molecule has 2 rings (SSSR count). The Labute approximate surface area is 140 Å². The molecule has 112 valence electrons. The minimum Gasteiger partial charge on any atom is -0.489 e. The Morgan fingerprint density at radius 1 is 1.14 bits per heavy atom. The van der Waals surface area contributed by atoms with Crippen LogP contribution in [-0.4, -0.2) is 6.04 Å². The molecule has 1 atom stereocenters. The van der Waals surface area contributed by atoms with Gasteiger partial charge in [-0.05, 0) is 55.3 Å². The molecule has 2 nitrogen and oxygen atoms in total. The summed E-state index contributed by atoms with van der Waals surface area (Å²) in [4.78, 5) is 0. The van der Waals surface area contributed by atoms with Gasteiger partial charge in [0.25, 0.3) is 0 Å². The van der Waals surface area contributed by atoms with Crippen molar-refractivity contribution >= 4 is 31.9 Å². The van der Waals surface area contributed by atoms with Crippen LogP contribution in [0.25, 0.3) is 0 Å². The van der Waals surface area contributed by atoms with E-state index in [4.69, 9.17) is 10.5 Å². The summed E-state index contributed by atoms with van der Waals surface area (Å²) in [7, 11) is 0. The number of ether oxygens (including phenoxy) is 1. The zero-order chi connectivity index (χ0) is 15.4. The molecule has 21 heavy (non-hydrogen) atoms. The standard InChI is InChI=1S/C16H16Br2FNO/c1-10(20)6-11-8-14(3-4-15(11)18)21-9-12-7-13(17)2-5-16(12)19/h2-5,7-8,10H,6,9,20H2,1H3. The molecule has 0 saturated carbocycles. The van der Waals surface area contributed by atoms with Crippen LogP contribution < -0.4 is 10.5 Å². The largest absolute Gasteiger partial charge is 0.489 e. The summed E-state index contributed by atoms with van der Waals surface area (Å²) >= 11 is 6.83. The summed E-state index contributed by atoms with van der Waals surface area (Å²) in [5.41, 5.74) is 7.42. The van der Waals surface area contributed by atoms with E-state index in [9.17, 15) is 4.39 Å². The average molecular weight is 417 g/mol. The van der Waals surface area contributed by atoms with Gasteiger partial charge in [0, 0.05) is 20.6 Å². The van der Waals surface area contributed by atoms with Crippen LogP contribution in [0.1, 0.15) is 18.1 Å². The highest BCUT2D eigenvalue weighted by molar-refractivity contribution is 9.10. The zero-order valence-electron chi connectivity index (χ0n) is 11.6. The highest BCUT2D eigenvalue weighted by atomic mass is 79.9. The van der Waals surface area contributed by atoms with Crippen molar-refractivity contribution in [2.75, 3.05) is 0 Å². The summed E-state index contributed by atoms with van der Waals surface area (Å²) < 4.78 is 21.2. The summed E-state index contributed by atoms with van der Waals surface area (Å²) in [5, 5.41) is 0. The lowest BCUT2D eigenvalue weighted by atomic mass is 10.1. The Morgan fingerprint density at radius 2 is 1.90 bits per heavy atom. The Bertz CT molecular complexity index is 632. The van der Waals surface area contributed by atoms with Crippen molar-refractivity contribution in [2.24, 2.45) is 5.73 Å². The van der Waals surface area contributed by atoms with Gasteiger partial charge in [-0.15, -0.1) is 0 Å². The molecule has 1 unspecified atom stereocenters. The third-order valence-corrected chi connectivity index (χ3v) is 4.23. The fourth-order valence-electron chi connectivity index (χ4n) is 1.96. The van der Waals surface area contributed by atoms with E-state index in [1.807, 2.05) is 25.1 Å². The maximum absolute atomic E-state index is 13.7. The topological polar surface area (TPSA) is 35.2 Å². The molecule has 0 aromatic heterocycles. The van der Waals surface area contributed by atoms with Crippen LogP contribution >= 0.6 is 31.9 Å². The SMILES string of the molecule is CC(N)Cc1cc(OCc2cc(Br)ccc2F)ccc1Br. The molecule has 0 heterocycles. The number of hydrogen-bond donors (Lipinski definition) is 1. The van der Waals surface area contributed by atoms with Crippen LogP contribution in [0, 0.1) is 5.82 Å². The number of nitrogens with two attached hydrogens (primary N) is 1. The molecule has 0 fully saturated rings. The summed E-state index contributed by atoms with van der Waals surface area (Å²) in [6.45, 7) is 2.14. The lowest BCUT2D eigenvalue weighted by Gasteiger charge is -2.12. The second kappa shape index (κ2) is 7.38. The van der Waals surface area contributed by atoms with Gasteiger partial charge in [0.15, 0.2) is 0 Å². The zero-order valence-corrected chi connectivity index (χ0v) is 14.7. The van der Waals surface area contributed by atoms with E-state index in [0.717, 1.165) is 20.9 Å². The molecule has 0 aliphatic carbocycles. The van der Waals surface area contributed by atoms with E-state index in [2.05, 4.69) is 31.9 Å². The summed E-state index contributed by atoms with van der Waals surface area (Å²) in [5.74, 6) is 0.430. The van der Waals surface area contributed by atoms with Gasteiger partial charge < -0.3 is 10.5 Å². The minimum atomic E-state index is -0.272. The van der Waals surface area contributed by atoms with E-state index in [-0.39, 0.29) is 18.5 Å². The Morgan fingerprint density at radius 3 is 2.62 bits per heavy atom. The first-order chi connectivity index (χ1) is 9.95. The van der Waals surface area contributed by atoms with Gasteiger partial charge >= 0.3 is 0 Å². The molecule has 2 aromatic carbocycles. The Kier molecular flexibility index (Phi) is 5.79. The molecule has 0 aliphatic rings. The van der Waals surface area contributed by atoms with Gasteiger partial charge in [-0.2, -0.15) is 0 Å². The monoisotopic (exact) mass is 415 g/mol. The van der Waals surface area contributed by atoms with Crippen LogP contribution in [0.5, 0.6) is 5.75 Å². The average Bonchev–Trinajstić information content (AvgIpc) is 2.42. The van der Waals surface area contributed by atoms with Crippen LogP contribution in [0.3, 0.4) is 0 Å². The number of benzene rings is 2. The molecule has 2 aromatic rings. The fourth-order valence-corrected chi connectivity index (χ4v) is 2.78. The molecular formula is C16H16Br2FNO. The van der Waals surface area contributed by atoms with Gasteiger partial charge in [-0.25, -0.2) is 4.39 Å². The minimum absolute atomic E-state index is 0.0686. The van der Waals surface area contributed by atoms with Crippen molar-refractivity contribution in [3.8, 4) is 5.75 Å². The summed E-state index contributed by atoms with van der Waals surface area (Å²) in [6.07, 6.45) is 0.753. The molecule has 5 heteroatoms. The lowest BCUT2D eigenvalue weighted by Crippen LogP contribution is -2.18. The molecule has 0 aliphatic heterocycles. The molecule has 0 amide bonds. The van der Waals surface area contributed by atoms with Gasteiger partial charge in [0.2, 0.25) is 0 Å². The summed E-state index contributed by atoms with van der Waals surface area (Å²) in [6, 6.07) is 10.6. The van der Waals surface area contributed by atoms with Gasteiger partial charge in [0.1, 0.15) is 18.2 Å². The fraction of sp³-hybridized carbons (Fsp3) is 0.250. The predicted octanol–water partition coefficient (Wildman–Crippen LogP) is 4.82. The van der Waals surface area contributed by atoms with E-state index >= 15 is 0 Å². The molecule has 0 bridgehead atoms. The first-order valence-corrected chi connectivity index (χ1v) is 8.15. The van der Waals surface area contributed by atoms with Crippen molar-refractivity contribution in [3.05, 3.63) is 62.3 Å². The Balaban J connectivity index is 2.11. The van der Waals surface area contributed by atoms with Crippen molar-refractivity contribution in [2.45, 2.75) is 26.0 Å². The van der Waals surface area contributed by atoms with Gasteiger partial charge in [-0.1, -0.05) is 31.9 Å². The highest BCUT2D eigenvalue weighted by Crippen LogP contribution is 2.25. The van der Waals surface area contributed by atoms with Crippen LogP contribution in [0.4, 0.5) is 4.39 Å². The van der Waals surface area contributed by atoms with Crippen molar-refractivity contribution in [1.29, 1.82) is 0 Å². The molecule has 0 radical (unpaired) electrons. The maximum Gasteiger partial charge on any atom is 0.129 e. The van der Waals surface area contributed by atoms with Gasteiger partial charge in [0.05, 0.1) is 0 Å². The second-order valence-corrected chi connectivity index (χ2v) is 6.73. The smallest absolute Gasteiger partial charge is 0.129 e. The van der Waals surface area contributed by atoms with E-state index in [1.54, 1.807) is 12.1 Å².